The molecular formula is C9H8N10O. The maximum Gasteiger partial charge on any atom is 0.258 e. The van der Waals surface area contributed by atoms with Gasteiger partial charge >= 0.3 is 0 Å². The molecule has 11 heteroatoms. The van der Waals surface area contributed by atoms with Crippen LogP contribution in [-0.4, -0.2) is 45.4 Å². The third-order valence-electron chi connectivity index (χ3n) is 2.32. The Morgan fingerprint density at radius 1 is 1.10 bits per heavy atom. The Kier molecular flexibility index (Phi) is 2.56. The van der Waals surface area contributed by atoms with E-state index in [-0.39, 0.29) is 23.4 Å². The Labute approximate surface area is 111 Å². The van der Waals surface area contributed by atoms with Crippen molar-refractivity contribution in [3.63, 3.8) is 0 Å². The van der Waals surface area contributed by atoms with Crippen molar-refractivity contribution in [2.75, 3.05) is 5.73 Å². The van der Waals surface area contributed by atoms with Crippen LogP contribution in [0, 0.1) is 0 Å². The van der Waals surface area contributed by atoms with Crippen LogP contribution in [0.2, 0.25) is 0 Å². The number of carbonyl (C=O) groups is 1. The molecule has 0 aromatic carbocycles. The molecule has 0 unspecified atom stereocenters. The maximum absolute atomic E-state index is 11.0. The lowest BCUT2D eigenvalue weighted by atomic mass is 10.4. The zero-order chi connectivity index (χ0) is 14.1. The van der Waals surface area contributed by atoms with Crippen LogP contribution in [0.1, 0.15) is 10.4 Å². The minimum atomic E-state index is -0.602. The molecule has 4 N–H and O–H groups in total. The molecular weight excluding hydrogens is 264 g/mol. The molecule has 0 aliphatic carbocycles. The van der Waals surface area contributed by atoms with Crippen molar-refractivity contribution in [3.8, 4) is 11.9 Å². The van der Waals surface area contributed by atoms with Gasteiger partial charge in [0.25, 0.3) is 17.8 Å². The first-order chi connectivity index (χ1) is 9.63. The maximum atomic E-state index is 11.0. The molecule has 0 saturated carbocycles. The molecule has 20 heavy (non-hydrogen) atoms. The van der Waals surface area contributed by atoms with Gasteiger partial charge in [0.2, 0.25) is 5.95 Å². The van der Waals surface area contributed by atoms with Gasteiger partial charge < -0.3 is 11.5 Å². The number of hydrogen-bond acceptors (Lipinski definition) is 8. The van der Waals surface area contributed by atoms with Gasteiger partial charge in [0.15, 0.2) is 0 Å². The predicted octanol–water partition coefficient (Wildman–Crippen LogP) is -1.68. The fourth-order valence-electron chi connectivity index (χ4n) is 1.45. The molecule has 3 aromatic heterocycles. The number of nitrogens with zero attached hydrogens (tertiary/aromatic N) is 8. The number of nitrogens with two attached hydrogens (primary N) is 2. The van der Waals surface area contributed by atoms with Crippen LogP contribution >= 0.6 is 0 Å². The first kappa shape index (κ1) is 11.7. The van der Waals surface area contributed by atoms with Gasteiger partial charge in [0.05, 0.1) is 11.8 Å². The van der Waals surface area contributed by atoms with E-state index in [4.69, 9.17) is 11.5 Å². The van der Waals surface area contributed by atoms with Crippen molar-refractivity contribution < 1.29 is 4.79 Å². The molecule has 0 aliphatic heterocycles. The van der Waals surface area contributed by atoms with Crippen LogP contribution in [0.25, 0.3) is 11.9 Å². The molecule has 1 amide bonds. The number of primary amides is 1. The third-order valence-corrected chi connectivity index (χ3v) is 2.32. The van der Waals surface area contributed by atoms with Crippen LogP contribution in [0.3, 0.4) is 0 Å². The number of nitrogen functional groups attached to an aromatic ring is 1. The molecule has 0 saturated heterocycles. The number of aromatic nitrogens is 8. The van der Waals surface area contributed by atoms with E-state index in [0.29, 0.717) is 0 Å². The number of anilines is 1. The van der Waals surface area contributed by atoms with Crippen LogP contribution in [0.4, 0.5) is 5.95 Å². The normalized spacial score (nSPS) is 10.6. The Morgan fingerprint density at radius 2 is 1.85 bits per heavy atom. The highest BCUT2D eigenvalue weighted by Crippen LogP contribution is 2.07. The van der Waals surface area contributed by atoms with E-state index in [0.717, 1.165) is 0 Å². The minimum absolute atomic E-state index is 0.0170. The van der Waals surface area contributed by atoms with Gasteiger partial charge in [-0.3, -0.25) is 4.79 Å². The van der Waals surface area contributed by atoms with E-state index >= 15 is 0 Å². The molecule has 3 rings (SSSR count). The second-order valence-corrected chi connectivity index (χ2v) is 3.67. The summed E-state index contributed by atoms with van der Waals surface area (Å²) in [6.45, 7) is 0. The van der Waals surface area contributed by atoms with E-state index in [9.17, 15) is 4.79 Å². The SMILES string of the molecule is NC(=O)c1cnn(-c2nc(N)nc(-n3cncn3)n2)c1. The monoisotopic (exact) mass is 272 g/mol. The van der Waals surface area contributed by atoms with Gasteiger partial charge in [-0.15, -0.1) is 0 Å². The lowest BCUT2D eigenvalue weighted by Gasteiger charge is -2.03. The highest BCUT2D eigenvalue weighted by atomic mass is 16.1. The predicted molar refractivity (Wildman–Crippen MR) is 64.8 cm³/mol. The van der Waals surface area contributed by atoms with Crippen LogP contribution in [-0.2, 0) is 0 Å². The lowest BCUT2D eigenvalue weighted by molar-refractivity contribution is 0.100. The largest absolute Gasteiger partial charge is 0.368 e. The smallest absolute Gasteiger partial charge is 0.258 e. The van der Waals surface area contributed by atoms with Gasteiger partial charge in [-0.25, -0.2) is 9.67 Å². The molecule has 11 nitrogen and oxygen atoms in total. The first-order valence-electron chi connectivity index (χ1n) is 5.35. The van der Waals surface area contributed by atoms with Gasteiger partial charge in [-0.05, 0) is 0 Å². The van der Waals surface area contributed by atoms with Crippen LogP contribution in [0.5, 0.6) is 0 Å². The summed E-state index contributed by atoms with van der Waals surface area (Å²) in [4.78, 5) is 26.8. The van der Waals surface area contributed by atoms with Crippen molar-refractivity contribution in [1.29, 1.82) is 0 Å². The van der Waals surface area contributed by atoms with Crippen LogP contribution < -0.4 is 11.5 Å². The average molecular weight is 272 g/mol. The Hall–Kier alpha value is -3.37. The van der Waals surface area contributed by atoms with Gasteiger partial charge in [-0.1, -0.05) is 0 Å². The minimum Gasteiger partial charge on any atom is -0.368 e. The number of amides is 1. The summed E-state index contributed by atoms with van der Waals surface area (Å²) in [5, 5.41) is 7.82. The van der Waals surface area contributed by atoms with E-state index in [1.165, 1.54) is 34.4 Å². The molecule has 0 fully saturated rings. The number of hydrogen-bond donors (Lipinski definition) is 2. The quantitative estimate of drug-likeness (QED) is 0.572. The highest BCUT2D eigenvalue weighted by molar-refractivity contribution is 5.92. The Balaban J connectivity index is 2.07. The van der Waals surface area contributed by atoms with E-state index in [2.05, 4.69) is 30.1 Å². The van der Waals surface area contributed by atoms with Crippen molar-refractivity contribution in [2.24, 2.45) is 5.73 Å². The van der Waals surface area contributed by atoms with E-state index in [1.807, 2.05) is 0 Å². The summed E-state index contributed by atoms with van der Waals surface area (Å²) in [7, 11) is 0. The van der Waals surface area contributed by atoms with Crippen molar-refractivity contribution >= 4 is 11.9 Å². The number of carbonyl (C=O) groups excluding carboxylic acids is 1. The molecule has 0 bridgehead atoms. The standard InChI is InChI=1S/C9H8N10O/c10-6(20)5-1-13-18(2-5)8-15-7(11)16-9(17-8)19-4-12-3-14-19/h1-4H,(H2,10,20)(H2,11,15,16,17). The Morgan fingerprint density at radius 3 is 2.45 bits per heavy atom. The summed E-state index contributed by atoms with van der Waals surface area (Å²) in [5.74, 6) is -0.303. The second-order valence-electron chi connectivity index (χ2n) is 3.67. The zero-order valence-corrected chi connectivity index (χ0v) is 9.95. The lowest BCUT2D eigenvalue weighted by Crippen LogP contribution is -2.12. The molecule has 0 atom stereocenters. The fraction of sp³-hybridized carbons (Fsp3) is 0. The molecule has 0 radical (unpaired) electrons. The molecule has 100 valence electrons. The fourth-order valence-corrected chi connectivity index (χ4v) is 1.45. The van der Waals surface area contributed by atoms with Gasteiger partial charge in [0.1, 0.15) is 12.7 Å². The van der Waals surface area contributed by atoms with E-state index < -0.39 is 5.91 Å². The molecule has 3 aromatic rings. The zero-order valence-electron chi connectivity index (χ0n) is 9.95. The molecule has 0 aliphatic rings. The van der Waals surface area contributed by atoms with Crippen molar-refractivity contribution in [1.82, 2.24) is 39.5 Å². The summed E-state index contributed by atoms with van der Waals surface area (Å²) in [6.07, 6.45) is 5.44. The summed E-state index contributed by atoms with van der Waals surface area (Å²) in [6, 6.07) is 0. The number of rotatable bonds is 3. The summed E-state index contributed by atoms with van der Waals surface area (Å²) >= 11 is 0. The summed E-state index contributed by atoms with van der Waals surface area (Å²) < 4.78 is 2.58. The molecule has 3 heterocycles. The first-order valence-corrected chi connectivity index (χ1v) is 5.35. The third kappa shape index (κ3) is 2.03. The topological polar surface area (TPSA) is 156 Å². The van der Waals surface area contributed by atoms with Gasteiger partial charge in [0, 0.05) is 6.20 Å². The van der Waals surface area contributed by atoms with E-state index in [1.54, 1.807) is 0 Å². The van der Waals surface area contributed by atoms with Gasteiger partial charge in [-0.2, -0.15) is 29.8 Å². The van der Waals surface area contributed by atoms with Crippen LogP contribution in [0.15, 0.2) is 25.0 Å². The highest BCUT2D eigenvalue weighted by Gasteiger charge is 2.11. The van der Waals surface area contributed by atoms with Crippen molar-refractivity contribution in [3.05, 3.63) is 30.6 Å². The average Bonchev–Trinajstić information content (AvgIpc) is 3.10. The van der Waals surface area contributed by atoms with Crippen molar-refractivity contribution in [2.45, 2.75) is 0 Å². The second kappa shape index (κ2) is 4.38. The summed E-state index contributed by atoms with van der Waals surface area (Å²) in [5.41, 5.74) is 11.0. The Bertz CT molecular complexity index is 761. The molecule has 0 spiro atoms.